The molecule has 0 aliphatic heterocycles. The summed E-state index contributed by atoms with van der Waals surface area (Å²) in [5.41, 5.74) is 20.3. The molecule has 14 aromatic rings. The fraction of sp³-hybridized carbons (Fsp3) is 0. The molecular formula is C72H47N. The van der Waals surface area contributed by atoms with Crippen molar-refractivity contribution in [2.75, 3.05) is 0 Å². The molecule has 0 fully saturated rings. The summed E-state index contributed by atoms with van der Waals surface area (Å²) in [6.45, 7) is 0. The second-order valence-electron chi connectivity index (χ2n) is 19.2. The molecule has 73 heavy (non-hydrogen) atoms. The first-order valence-corrected chi connectivity index (χ1v) is 25.2. The summed E-state index contributed by atoms with van der Waals surface area (Å²) >= 11 is 0. The summed E-state index contributed by atoms with van der Waals surface area (Å²) in [7, 11) is 0. The monoisotopic (exact) mass is 925 g/mol. The highest BCUT2D eigenvalue weighted by atomic mass is 15.0. The zero-order valence-electron chi connectivity index (χ0n) is 40.1. The van der Waals surface area contributed by atoms with Gasteiger partial charge in [0.25, 0.3) is 0 Å². The number of nitrogens with zero attached hydrogens (tertiary/aromatic N) is 1. The van der Waals surface area contributed by atoms with Gasteiger partial charge in [-0.15, -0.1) is 0 Å². The number of aromatic nitrogens is 1. The lowest BCUT2D eigenvalue weighted by atomic mass is 9.89. The van der Waals surface area contributed by atoms with Gasteiger partial charge in [0.15, 0.2) is 0 Å². The van der Waals surface area contributed by atoms with E-state index in [1.807, 2.05) is 0 Å². The van der Waals surface area contributed by atoms with Crippen molar-refractivity contribution in [3.05, 3.63) is 285 Å². The normalized spacial score (nSPS) is 11.6. The van der Waals surface area contributed by atoms with Crippen LogP contribution in [0.4, 0.5) is 0 Å². The summed E-state index contributed by atoms with van der Waals surface area (Å²) in [5, 5.41) is 9.91. The average Bonchev–Trinajstić information content (AvgIpc) is 3.80. The van der Waals surface area contributed by atoms with Crippen LogP contribution < -0.4 is 0 Å². The smallest absolute Gasteiger partial charge is 0.0541 e. The van der Waals surface area contributed by atoms with Gasteiger partial charge in [0, 0.05) is 16.5 Å². The highest BCUT2D eigenvalue weighted by Crippen LogP contribution is 2.44. The SMILES string of the molecule is c1ccc(-c2cc(-c3cccc4ccccc34)ccc2-c2ccc3c(c2)c2cc(-c4ccc(-c5cccc6ccccc56)cc4-c4ccccc4)ccc2n3-c2ccc(-c3cccc4ccccc34)cc2)cc1. The number of benzene rings is 13. The van der Waals surface area contributed by atoms with Gasteiger partial charge in [-0.3, -0.25) is 0 Å². The molecule has 14 rings (SSSR count). The fourth-order valence-corrected chi connectivity index (χ4v) is 11.5. The molecule has 0 radical (unpaired) electrons. The third kappa shape index (κ3) is 7.41. The molecule has 340 valence electrons. The summed E-state index contributed by atoms with van der Waals surface area (Å²) in [6, 6.07) is 105. The van der Waals surface area contributed by atoms with Crippen LogP contribution in [0.25, 0.3) is 138 Å². The van der Waals surface area contributed by atoms with Crippen molar-refractivity contribution in [1.82, 2.24) is 4.57 Å². The van der Waals surface area contributed by atoms with Crippen molar-refractivity contribution in [2.24, 2.45) is 0 Å². The first-order chi connectivity index (χ1) is 36.2. The fourth-order valence-electron chi connectivity index (χ4n) is 11.5. The molecule has 0 bridgehead atoms. The van der Waals surface area contributed by atoms with Crippen LogP contribution in [0.15, 0.2) is 285 Å². The molecule has 0 saturated carbocycles. The number of rotatable bonds is 8. The lowest BCUT2D eigenvalue weighted by Crippen LogP contribution is -1.94. The summed E-state index contributed by atoms with van der Waals surface area (Å²) in [6.07, 6.45) is 0. The first-order valence-electron chi connectivity index (χ1n) is 25.2. The van der Waals surface area contributed by atoms with E-state index in [0.29, 0.717) is 0 Å². The molecule has 0 N–H and O–H groups in total. The van der Waals surface area contributed by atoms with E-state index in [9.17, 15) is 0 Å². The van der Waals surface area contributed by atoms with E-state index in [1.54, 1.807) is 0 Å². The van der Waals surface area contributed by atoms with E-state index in [-0.39, 0.29) is 0 Å². The van der Waals surface area contributed by atoms with Gasteiger partial charge in [0.1, 0.15) is 0 Å². The van der Waals surface area contributed by atoms with Gasteiger partial charge in [-0.2, -0.15) is 0 Å². The Morgan fingerprint density at radius 1 is 0.178 bits per heavy atom. The van der Waals surface area contributed by atoms with Gasteiger partial charge in [-0.05, 0) is 159 Å². The average molecular weight is 926 g/mol. The summed E-state index contributed by atoms with van der Waals surface area (Å²) in [4.78, 5) is 0. The predicted molar refractivity (Wildman–Crippen MR) is 311 cm³/mol. The maximum absolute atomic E-state index is 2.45. The van der Waals surface area contributed by atoms with E-state index in [2.05, 4.69) is 290 Å². The first kappa shape index (κ1) is 42.3. The molecule has 0 saturated heterocycles. The number of hydrogen-bond acceptors (Lipinski definition) is 0. The maximum atomic E-state index is 2.45. The highest BCUT2D eigenvalue weighted by molar-refractivity contribution is 6.13. The molecule has 1 heteroatoms. The van der Waals surface area contributed by atoms with Crippen molar-refractivity contribution in [1.29, 1.82) is 0 Å². The second-order valence-corrected chi connectivity index (χ2v) is 19.2. The second kappa shape index (κ2) is 17.7. The zero-order chi connectivity index (χ0) is 48.2. The largest absolute Gasteiger partial charge is 0.309 e. The number of hydrogen-bond donors (Lipinski definition) is 0. The predicted octanol–water partition coefficient (Wildman–Crippen LogP) is 19.9. The molecular weight excluding hydrogens is 879 g/mol. The van der Waals surface area contributed by atoms with E-state index < -0.39 is 0 Å². The Hall–Kier alpha value is -9.56. The standard InChI is InChI=1S/C72H47N/c1-3-16-51(17-4-1)67-44-54(63-30-14-24-49-21-8-11-27-60(49)63)34-40-65(67)56-36-42-71-69(46-56)70-47-57(37-43-72(70)73(71)58-38-32-53(33-39-58)62-29-13-23-48-20-7-10-26-59(48)62)66-41-35-55(45-68(66)52-18-5-2-6-19-52)64-31-15-25-50-22-9-12-28-61(50)64/h1-47H. The third-order valence-electron chi connectivity index (χ3n) is 15.0. The van der Waals surface area contributed by atoms with Crippen LogP contribution in [0.2, 0.25) is 0 Å². The Morgan fingerprint density at radius 2 is 0.507 bits per heavy atom. The highest BCUT2D eigenvalue weighted by Gasteiger charge is 2.19. The third-order valence-corrected chi connectivity index (χ3v) is 15.0. The van der Waals surface area contributed by atoms with Gasteiger partial charge in [0.2, 0.25) is 0 Å². The van der Waals surface area contributed by atoms with Gasteiger partial charge in [-0.1, -0.05) is 237 Å². The molecule has 0 unspecified atom stereocenters. The van der Waals surface area contributed by atoms with Crippen molar-refractivity contribution in [3.8, 4) is 83.6 Å². The van der Waals surface area contributed by atoms with Crippen LogP contribution >= 0.6 is 0 Å². The van der Waals surface area contributed by atoms with Crippen LogP contribution in [0.3, 0.4) is 0 Å². The van der Waals surface area contributed by atoms with Crippen molar-refractivity contribution in [3.63, 3.8) is 0 Å². The Labute approximate surface area is 425 Å². The van der Waals surface area contributed by atoms with E-state index in [0.717, 1.165) is 16.7 Å². The zero-order valence-corrected chi connectivity index (χ0v) is 40.1. The molecule has 0 spiro atoms. The van der Waals surface area contributed by atoms with Gasteiger partial charge >= 0.3 is 0 Å². The maximum Gasteiger partial charge on any atom is 0.0541 e. The van der Waals surface area contributed by atoms with Crippen LogP contribution in [-0.2, 0) is 0 Å². The van der Waals surface area contributed by atoms with Crippen LogP contribution in [-0.4, -0.2) is 4.57 Å². The van der Waals surface area contributed by atoms with E-state index in [1.165, 1.54) is 121 Å². The minimum absolute atomic E-state index is 1.12. The van der Waals surface area contributed by atoms with Crippen LogP contribution in [0.1, 0.15) is 0 Å². The molecule has 0 aliphatic rings. The van der Waals surface area contributed by atoms with Gasteiger partial charge in [0.05, 0.1) is 11.0 Å². The quantitative estimate of drug-likeness (QED) is 0.143. The topological polar surface area (TPSA) is 4.93 Å². The molecule has 0 atom stereocenters. The minimum atomic E-state index is 1.12. The van der Waals surface area contributed by atoms with Crippen LogP contribution in [0.5, 0.6) is 0 Å². The summed E-state index contributed by atoms with van der Waals surface area (Å²) < 4.78 is 2.45. The Balaban J connectivity index is 0.971. The van der Waals surface area contributed by atoms with Crippen molar-refractivity contribution >= 4 is 54.1 Å². The lowest BCUT2D eigenvalue weighted by molar-refractivity contribution is 1.18. The lowest BCUT2D eigenvalue weighted by Gasteiger charge is -2.15. The molecule has 13 aromatic carbocycles. The van der Waals surface area contributed by atoms with Crippen molar-refractivity contribution in [2.45, 2.75) is 0 Å². The molecule has 0 aliphatic carbocycles. The minimum Gasteiger partial charge on any atom is -0.309 e. The Bertz CT molecular complexity index is 4170. The number of fused-ring (bicyclic) bond motifs is 6. The van der Waals surface area contributed by atoms with Gasteiger partial charge in [-0.25, -0.2) is 0 Å². The molecule has 1 heterocycles. The molecule has 0 amide bonds. The van der Waals surface area contributed by atoms with Gasteiger partial charge < -0.3 is 4.57 Å². The molecule has 1 aromatic heterocycles. The van der Waals surface area contributed by atoms with Crippen LogP contribution in [0, 0.1) is 0 Å². The molecule has 1 nitrogen and oxygen atoms in total. The van der Waals surface area contributed by atoms with E-state index >= 15 is 0 Å². The van der Waals surface area contributed by atoms with Crippen molar-refractivity contribution < 1.29 is 0 Å². The van der Waals surface area contributed by atoms with E-state index in [4.69, 9.17) is 0 Å². The Kier molecular flexibility index (Phi) is 10.3. The Morgan fingerprint density at radius 3 is 0.945 bits per heavy atom. The summed E-state index contributed by atoms with van der Waals surface area (Å²) in [5.74, 6) is 0.